The van der Waals surface area contributed by atoms with E-state index in [1.807, 2.05) is 12.1 Å². The van der Waals surface area contributed by atoms with Crippen LogP contribution in [0.5, 0.6) is 11.5 Å². The van der Waals surface area contributed by atoms with Crippen molar-refractivity contribution in [2.24, 2.45) is 0 Å². The van der Waals surface area contributed by atoms with E-state index < -0.39 is 17.3 Å². The molecule has 2 heterocycles. The lowest BCUT2D eigenvalue weighted by Gasteiger charge is -2.28. The smallest absolute Gasteiger partial charge is 0.331 e. The number of rotatable bonds is 11. The molecular weight excluding hydrogens is 441 g/mol. The fraction of sp³-hybridized carbons (Fsp3) is 0.333. The fourth-order valence-corrected chi connectivity index (χ4v) is 3.43. The second-order valence-electron chi connectivity index (χ2n) is 7.72. The van der Waals surface area contributed by atoms with E-state index in [-0.39, 0.29) is 17.3 Å². The predicted molar refractivity (Wildman–Crippen MR) is 128 cm³/mol. The Morgan fingerprint density at radius 3 is 2.68 bits per heavy atom. The normalized spacial score (nSPS) is 12.5. The number of carbonyl (C=O) groups is 1. The first-order valence-corrected chi connectivity index (χ1v) is 10.6. The molecule has 0 aliphatic carbocycles. The van der Waals surface area contributed by atoms with Gasteiger partial charge in [-0.15, -0.1) is 6.58 Å². The molecule has 0 fully saturated rings. The Balaban J connectivity index is 1.98. The Morgan fingerprint density at radius 2 is 2.00 bits per heavy atom. The van der Waals surface area contributed by atoms with Crippen LogP contribution in [-0.4, -0.2) is 47.8 Å². The number of carbonyl (C=O) groups excluding carboxylic acids is 1. The van der Waals surface area contributed by atoms with Gasteiger partial charge >= 0.3 is 5.97 Å². The number of hydrogen-bond acceptors (Lipinski definition) is 9. The zero-order valence-corrected chi connectivity index (χ0v) is 19.6. The van der Waals surface area contributed by atoms with Crippen molar-refractivity contribution in [2.45, 2.75) is 31.8 Å². The van der Waals surface area contributed by atoms with Crippen LogP contribution in [0.25, 0.3) is 11.0 Å². The SMILES string of the molecule is C=CCC[C@@](C)(Nc1nc(NCc2ccc(OC)cc2OC)nc2cc(F)cnc12)C(=O)OC. The Bertz CT molecular complexity index is 1190. The summed E-state index contributed by atoms with van der Waals surface area (Å²) < 4.78 is 29.6. The second-order valence-corrected chi connectivity index (χ2v) is 7.72. The highest BCUT2D eigenvalue weighted by molar-refractivity contribution is 5.90. The minimum Gasteiger partial charge on any atom is -0.497 e. The van der Waals surface area contributed by atoms with Crippen LogP contribution in [0.15, 0.2) is 43.1 Å². The average Bonchev–Trinajstić information content (AvgIpc) is 2.85. The third kappa shape index (κ3) is 5.51. The van der Waals surface area contributed by atoms with Crippen molar-refractivity contribution >= 4 is 28.8 Å². The van der Waals surface area contributed by atoms with E-state index in [9.17, 15) is 9.18 Å². The van der Waals surface area contributed by atoms with Crippen molar-refractivity contribution in [2.75, 3.05) is 32.0 Å². The van der Waals surface area contributed by atoms with Crippen molar-refractivity contribution in [3.63, 3.8) is 0 Å². The van der Waals surface area contributed by atoms with E-state index in [0.717, 1.165) is 11.8 Å². The Labute approximate surface area is 197 Å². The quantitative estimate of drug-likeness (QED) is 0.317. The largest absolute Gasteiger partial charge is 0.497 e. The maximum atomic E-state index is 13.9. The van der Waals surface area contributed by atoms with E-state index in [2.05, 4.69) is 32.2 Å². The maximum Gasteiger partial charge on any atom is 0.331 e. The Morgan fingerprint density at radius 1 is 1.21 bits per heavy atom. The first-order valence-electron chi connectivity index (χ1n) is 10.6. The molecule has 0 spiro atoms. The van der Waals surface area contributed by atoms with Crippen LogP contribution >= 0.6 is 0 Å². The molecule has 1 atom stereocenters. The van der Waals surface area contributed by atoms with Gasteiger partial charge in [0.05, 0.1) is 33.0 Å². The number of aromatic nitrogens is 3. The summed E-state index contributed by atoms with van der Waals surface area (Å²) in [7, 11) is 4.46. The van der Waals surface area contributed by atoms with E-state index in [0.29, 0.717) is 36.4 Å². The highest BCUT2D eigenvalue weighted by Crippen LogP contribution is 2.28. The van der Waals surface area contributed by atoms with E-state index in [1.54, 1.807) is 33.3 Å². The number of nitrogens with zero attached hydrogens (tertiary/aromatic N) is 3. The van der Waals surface area contributed by atoms with Gasteiger partial charge < -0.3 is 24.8 Å². The number of benzene rings is 1. The number of esters is 1. The molecule has 2 aromatic heterocycles. The van der Waals surface area contributed by atoms with Crippen LogP contribution in [0.2, 0.25) is 0 Å². The molecule has 1 aromatic carbocycles. The third-order valence-corrected chi connectivity index (χ3v) is 5.31. The van der Waals surface area contributed by atoms with Crippen molar-refractivity contribution in [3.05, 3.63) is 54.5 Å². The van der Waals surface area contributed by atoms with Gasteiger partial charge in [-0.2, -0.15) is 4.98 Å². The summed E-state index contributed by atoms with van der Waals surface area (Å²) in [6, 6.07) is 6.70. The lowest BCUT2D eigenvalue weighted by molar-refractivity contribution is -0.145. The van der Waals surface area contributed by atoms with Crippen molar-refractivity contribution < 1.29 is 23.4 Å². The standard InChI is InChI=1S/C24H28FN5O4/c1-6-7-10-24(2,22(31)34-5)30-21-20-18(11-16(25)14-26-20)28-23(29-21)27-13-15-8-9-17(32-3)12-19(15)33-4/h6,8-9,11-12,14H,1,7,10,13H2,2-5H3,(H2,27,28,29,30)/t24-/m1/s1. The number of anilines is 2. The third-order valence-electron chi connectivity index (χ3n) is 5.31. The maximum absolute atomic E-state index is 13.9. The van der Waals surface area contributed by atoms with Crippen molar-refractivity contribution in [1.82, 2.24) is 15.0 Å². The van der Waals surface area contributed by atoms with E-state index in [4.69, 9.17) is 14.2 Å². The van der Waals surface area contributed by atoms with Crippen LogP contribution in [0.4, 0.5) is 16.2 Å². The lowest BCUT2D eigenvalue weighted by Crippen LogP contribution is -2.44. The number of ether oxygens (including phenoxy) is 3. The molecule has 3 rings (SSSR count). The second kappa shape index (κ2) is 10.8. The summed E-state index contributed by atoms with van der Waals surface area (Å²) in [6.45, 7) is 5.75. The van der Waals surface area contributed by atoms with Gasteiger partial charge in [-0.3, -0.25) is 0 Å². The summed E-state index contributed by atoms with van der Waals surface area (Å²) >= 11 is 0. The average molecular weight is 470 g/mol. The molecule has 0 radical (unpaired) electrons. The van der Waals surface area contributed by atoms with Gasteiger partial charge in [0.1, 0.15) is 28.4 Å². The number of pyridine rings is 1. The number of allylic oxidation sites excluding steroid dienone is 1. The molecule has 0 amide bonds. The molecule has 9 nitrogen and oxygen atoms in total. The molecule has 2 N–H and O–H groups in total. The topological polar surface area (TPSA) is 107 Å². The molecule has 180 valence electrons. The summed E-state index contributed by atoms with van der Waals surface area (Å²) in [4.78, 5) is 25.6. The molecule has 10 heteroatoms. The summed E-state index contributed by atoms with van der Waals surface area (Å²) in [5.74, 6) is 0.768. The summed E-state index contributed by atoms with van der Waals surface area (Å²) in [6.07, 6.45) is 3.75. The van der Waals surface area contributed by atoms with Crippen LogP contribution in [0.1, 0.15) is 25.3 Å². The molecule has 0 aliphatic heterocycles. The van der Waals surface area contributed by atoms with Gasteiger partial charge in [0.25, 0.3) is 0 Å². The van der Waals surface area contributed by atoms with Gasteiger partial charge in [0.2, 0.25) is 5.95 Å². The van der Waals surface area contributed by atoms with Gasteiger partial charge in [0.15, 0.2) is 5.82 Å². The van der Waals surface area contributed by atoms with Crippen LogP contribution in [-0.2, 0) is 16.1 Å². The summed E-state index contributed by atoms with van der Waals surface area (Å²) in [5, 5.41) is 6.27. The number of halogens is 1. The zero-order valence-electron chi connectivity index (χ0n) is 19.6. The number of hydrogen-bond donors (Lipinski definition) is 2. The molecule has 0 saturated carbocycles. The number of fused-ring (bicyclic) bond motifs is 1. The van der Waals surface area contributed by atoms with Crippen LogP contribution in [0, 0.1) is 5.82 Å². The monoisotopic (exact) mass is 469 g/mol. The van der Waals surface area contributed by atoms with Crippen LogP contribution < -0.4 is 20.1 Å². The molecule has 0 saturated heterocycles. The fourth-order valence-electron chi connectivity index (χ4n) is 3.43. The summed E-state index contributed by atoms with van der Waals surface area (Å²) in [5.41, 5.74) is 0.320. The van der Waals surface area contributed by atoms with Gasteiger partial charge in [-0.05, 0) is 31.9 Å². The Kier molecular flexibility index (Phi) is 7.83. The lowest BCUT2D eigenvalue weighted by atomic mass is 9.95. The molecule has 0 unspecified atom stereocenters. The molecule has 0 aliphatic rings. The predicted octanol–water partition coefficient (Wildman–Crippen LogP) is 4.10. The Hall–Kier alpha value is -3.95. The van der Waals surface area contributed by atoms with E-state index in [1.165, 1.54) is 13.2 Å². The molecule has 3 aromatic rings. The van der Waals surface area contributed by atoms with Gasteiger partial charge in [0, 0.05) is 24.2 Å². The first-order chi connectivity index (χ1) is 16.3. The van der Waals surface area contributed by atoms with E-state index >= 15 is 0 Å². The highest BCUT2D eigenvalue weighted by atomic mass is 19.1. The minimum absolute atomic E-state index is 0.219. The molecular formula is C24H28FN5O4. The van der Waals surface area contributed by atoms with Gasteiger partial charge in [-0.1, -0.05) is 6.08 Å². The minimum atomic E-state index is -1.11. The molecule has 34 heavy (non-hydrogen) atoms. The van der Waals surface area contributed by atoms with Crippen molar-refractivity contribution in [3.8, 4) is 11.5 Å². The highest BCUT2D eigenvalue weighted by Gasteiger charge is 2.35. The van der Waals surface area contributed by atoms with Gasteiger partial charge in [-0.25, -0.2) is 19.2 Å². The van der Waals surface area contributed by atoms with Crippen LogP contribution in [0.3, 0.4) is 0 Å². The number of nitrogens with one attached hydrogen (secondary N) is 2. The van der Waals surface area contributed by atoms with Crippen molar-refractivity contribution in [1.29, 1.82) is 0 Å². The first kappa shape index (κ1) is 24.7. The number of methoxy groups -OCH3 is 3. The molecule has 0 bridgehead atoms. The zero-order chi connectivity index (χ0) is 24.7.